The van der Waals surface area contributed by atoms with Crippen molar-refractivity contribution < 1.29 is 9.90 Å². The van der Waals surface area contributed by atoms with Crippen LogP contribution in [0.15, 0.2) is 12.3 Å². The Morgan fingerprint density at radius 3 is 2.83 bits per heavy atom. The van der Waals surface area contributed by atoms with E-state index in [9.17, 15) is 4.79 Å². The van der Waals surface area contributed by atoms with Crippen molar-refractivity contribution in [1.82, 2.24) is 9.78 Å². The van der Waals surface area contributed by atoms with Crippen molar-refractivity contribution >= 4 is 5.97 Å². The van der Waals surface area contributed by atoms with Crippen LogP contribution >= 0.6 is 0 Å². The number of rotatable bonds is 3. The number of aromatic nitrogens is 2. The monoisotopic (exact) mass is 168 g/mol. The molecular formula is C8H12N2O2. The van der Waals surface area contributed by atoms with Crippen LogP contribution in [0.25, 0.3) is 0 Å². The van der Waals surface area contributed by atoms with Gasteiger partial charge in [0, 0.05) is 13.2 Å². The van der Waals surface area contributed by atoms with Crippen molar-refractivity contribution in [3.63, 3.8) is 0 Å². The predicted octanol–water partition coefficient (Wildman–Crippen LogP) is 0.998. The Hall–Kier alpha value is -1.32. The minimum absolute atomic E-state index is 0.466. The minimum atomic E-state index is -0.809. The Labute approximate surface area is 70.8 Å². The van der Waals surface area contributed by atoms with Gasteiger partial charge in [-0.1, -0.05) is 6.92 Å². The van der Waals surface area contributed by atoms with Crippen molar-refractivity contribution in [3.05, 3.63) is 18.0 Å². The lowest BCUT2D eigenvalue weighted by molar-refractivity contribution is -0.138. The van der Waals surface area contributed by atoms with Crippen molar-refractivity contribution in [2.45, 2.75) is 19.3 Å². The molecule has 0 saturated heterocycles. The molecule has 0 aromatic carbocycles. The molecule has 12 heavy (non-hydrogen) atoms. The van der Waals surface area contributed by atoms with Crippen molar-refractivity contribution in [2.24, 2.45) is 7.05 Å². The maximum absolute atomic E-state index is 10.7. The first kappa shape index (κ1) is 8.77. The van der Waals surface area contributed by atoms with Gasteiger partial charge in [0.2, 0.25) is 0 Å². The van der Waals surface area contributed by atoms with Crippen molar-refractivity contribution in [3.8, 4) is 0 Å². The highest BCUT2D eigenvalue weighted by atomic mass is 16.4. The zero-order valence-corrected chi connectivity index (χ0v) is 7.19. The largest absolute Gasteiger partial charge is 0.481 e. The van der Waals surface area contributed by atoms with E-state index in [0.29, 0.717) is 12.1 Å². The van der Waals surface area contributed by atoms with Gasteiger partial charge >= 0.3 is 5.97 Å². The summed E-state index contributed by atoms with van der Waals surface area (Å²) in [5.74, 6) is -1.28. The molecule has 0 spiro atoms. The number of hydrogen-bond acceptors (Lipinski definition) is 2. The molecule has 1 aromatic rings. The molecule has 0 aliphatic carbocycles. The van der Waals surface area contributed by atoms with E-state index in [4.69, 9.17) is 5.11 Å². The lowest BCUT2D eigenvalue weighted by Gasteiger charge is -2.04. The maximum Gasteiger partial charge on any atom is 0.312 e. The number of aryl methyl sites for hydroxylation is 1. The Bertz CT molecular complexity index is 280. The number of carboxylic acid groups (broad SMARTS) is 1. The normalized spacial score (nSPS) is 12.8. The second-order valence-electron chi connectivity index (χ2n) is 2.71. The number of aliphatic carboxylic acids is 1. The van der Waals surface area contributed by atoms with Crippen LogP contribution in [0.1, 0.15) is 25.0 Å². The average Bonchev–Trinajstić information content (AvgIpc) is 2.37. The smallest absolute Gasteiger partial charge is 0.312 e. The third-order valence-electron chi connectivity index (χ3n) is 1.80. The van der Waals surface area contributed by atoms with Crippen LogP contribution in [0, 0.1) is 0 Å². The summed E-state index contributed by atoms with van der Waals surface area (Å²) in [6.07, 6.45) is 2.33. The van der Waals surface area contributed by atoms with E-state index in [1.807, 2.05) is 6.92 Å². The Balaban J connectivity index is 2.87. The van der Waals surface area contributed by atoms with E-state index in [2.05, 4.69) is 5.10 Å². The second-order valence-corrected chi connectivity index (χ2v) is 2.71. The van der Waals surface area contributed by atoms with Gasteiger partial charge in [0.15, 0.2) is 0 Å². The molecule has 1 heterocycles. The number of nitrogens with zero attached hydrogens (tertiary/aromatic N) is 2. The van der Waals surface area contributed by atoms with E-state index in [1.54, 1.807) is 24.0 Å². The molecule has 0 bridgehead atoms. The summed E-state index contributed by atoms with van der Waals surface area (Å²) in [4.78, 5) is 10.7. The average molecular weight is 168 g/mol. The summed E-state index contributed by atoms with van der Waals surface area (Å²) in [5.41, 5.74) is 0.632. The molecule has 1 atom stereocenters. The van der Waals surface area contributed by atoms with Crippen LogP contribution in [0.5, 0.6) is 0 Å². The SMILES string of the molecule is CCC(C(=O)O)c1ccn(C)n1. The Morgan fingerprint density at radius 1 is 1.83 bits per heavy atom. The molecule has 4 heteroatoms. The Morgan fingerprint density at radius 2 is 2.50 bits per heavy atom. The van der Waals surface area contributed by atoms with Gasteiger partial charge in [0.25, 0.3) is 0 Å². The van der Waals surface area contributed by atoms with Crippen molar-refractivity contribution in [1.29, 1.82) is 0 Å². The highest BCUT2D eigenvalue weighted by Gasteiger charge is 2.19. The second kappa shape index (κ2) is 3.38. The summed E-state index contributed by atoms with van der Waals surface area (Å²) in [5, 5.41) is 12.8. The Kier molecular flexibility index (Phi) is 2.47. The van der Waals surface area contributed by atoms with Crippen LogP contribution in [0.3, 0.4) is 0 Å². The number of hydrogen-bond donors (Lipinski definition) is 1. The molecule has 0 aliphatic rings. The molecule has 4 nitrogen and oxygen atoms in total. The molecule has 0 amide bonds. The van der Waals surface area contributed by atoms with Crippen LogP contribution in [-0.4, -0.2) is 20.9 Å². The van der Waals surface area contributed by atoms with E-state index in [0.717, 1.165) is 0 Å². The van der Waals surface area contributed by atoms with E-state index in [-0.39, 0.29) is 0 Å². The summed E-state index contributed by atoms with van der Waals surface area (Å²) in [6, 6.07) is 1.74. The number of carboxylic acids is 1. The zero-order valence-electron chi connectivity index (χ0n) is 7.19. The van der Waals surface area contributed by atoms with E-state index >= 15 is 0 Å². The molecule has 1 aromatic heterocycles. The summed E-state index contributed by atoms with van der Waals surface area (Å²) >= 11 is 0. The first-order valence-electron chi connectivity index (χ1n) is 3.87. The van der Waals surface area contributed by atoms with Crippen LogP contribution < -0.4 is 0 Å². The highest BCUT2D eigenvalue weighted by molar-refractivity contribution is 5.75. The third kappa shape index (κ3) is 1.64. The molecule has 0 saturated carbocycles. The van der Waals surface area contributed by atoms with Gasteiger partial charge in [-0.05, 0) is 12.5 Å². The lowest BCUT2D eigenvalue weighted by Crippen LogP contribution is -2.11. The molecule has 0 fully saturated rings. The van der Waals surface area contributed by atoms with Crippen LogP contribution in [-0.2, 0) is 11.8 Å². The minimum Gasteiger partial charge on any atom is -0.481 e. The van der Waals surface area contributed by atoms with Gasteiger partial charge in [0.1, 0.15) is 5.92 Å². The van der Waals surface area contributed by atoms with E-state index in [1.165, 1.54) is 0 Å². The van der Waals surface area contributed by atoms with Crippen LogP contribution in [0.4, 0.5) is 0 Å². The van der Waals surface area contributed by atoms with E-state index < -0.39 is 11.9 Å². The molecule has 1 unspecified atom stereocenters. The van der Waals surface area contributed by atoms with Gasteiger partial charge in [0.05, 0.1) is 5.69 Å². The maximum atomic E-state index is 10.7. The quantitative estimate of drug-likeness (QED) is 0.732. The fraction of sp³-hybridized carbons (Fsp3) is 0.500. The van der Waals surface area contributed by atoms with Gasteiger partial charge < -0.3 is 5.11 Å². The van der Waals surface area contributed by atoms with Gasteiger partial charge in [-0.15, -0.1) is 0 Å². The first-order valence-corrected chi connectivity index (χ1v) is 3.87. The van der Waals surface area contributed by atoms with Crippen LogP contribution in [0.2, 0.25) is 0 Å². The molecule has 1 N–H and O–H groups in total. The summed E-state index contributed by atoms with van der Waals surface area (Å²) in [6.45, 7) is 1.84. The molecule has 0 aliphatic heterocycles. The zero-order chi connectivity index (χ0) is 9.14. The standard InChI is InChI=1S/C8H12N2O2/c1-3-6(8(11)12)7-4-5-10(2)9-7/h4-6H,3H2,1-2H3,(H,11,12). The summed E-state index contributed by atoms with van der Waals surface area (Å²) in [7, 11) is 1.78. The van der Waals surface area contributed by atoms with Gasteiger partial charge in [-0.2, -0.15) is 5.10 Å². The highest BCUT2D eigenvalue weighted by Crippen LogP contribution is 2.16. The van der Waals surface area contributed by atoms with Gasteiger partial charge in [-0.25, -0.2) is 0 Å². The first-order chi connectivity index (χ1) is 5.65. The molecule has 66 valence electrons. The molecule has 0 radical (unpaired) electrons. The van der Waals surface area contributed by atoms with Crippen molar-refractivity contribution in [2.75, 3.05) is 0 Å². The topological polar surface area (TPSA) is 55.1 Å². The fourth-order valence-electron chi connectivity index (χ4n) is 1.13. The summed E-state index contributed by atoms with van der Waals surface area (Å²) < 4.78 is 1.61. The molecular weight excluding hydrogens is 156 g/mol. The van der Waals surface area contributed by atoms with Gasteiger partial charge in [-0.3, -0.25) is 9.48 Å². The molecule has 1 rings (SSSR count). The fourth-order valence-corrected chi connectivity index (χ4v) is 1.13. The number of carbonyl (C=O) groups is 1. The lowest BCUT2D eigenvalue weighted by atomic mass is 10.0. The predicted molar refractivity (Wildman–Crippen MR) is 43.9 cm³/mol. The third-order valence-corrected chi connectivity index (χ3v) is 1.80.